The van der Waals surface area contributed by atoms with Crippen LogP contribution in [-0.4, -0.2) is 29.9 Å². The molecule has 0 amide bonds. The van der Waals surface area contributed by atoms with Crippen molar-refractivity contribution in [2.45, 2.75) is 33.1 Å². The van der Waals surface area contributed by atoms with E-state index in [0.717, 1.165) is 6.42 Å². The number of nitrogens with zero attached hydrogens (tertiary/aromatic N) is 2. The third-order valence-corrected chi connectivity index (χ3v) is 7.87. The molecule has 2 bridgehead atoms. The Morgan fingerprint density at radius 2 is 1.86 bits per heavy atom. The van der Waals surface area contributed by atoms with Gasteiger partial charge in [-0.25, -0.2) is 18.4 Å². The molecule has 0 radical (unpaired) electrons. The van der Waals surface area contributed by atoms with Crippen LogP contribution in [-0.2, 0) is 14.8 Å². The molecule has 0 saturated heterocycles. The minimum Gasteiger partial charge on any atom is -0.424 e. The monoisotopic (exact) mass is 401 g/mol. The zero-order chi connectivity index (χ0) is 20.0. The van der Waals surface area contributed by atoms with Gasteiger partial charge in [-0.3, -0.25) is 9.52 Å². The number of fused-ring (bicyclic) bond motifs is 2. The predicted molar refractivity (Wildman–Crippen MR) is 105 cm³/mol. The standard InChI is InChI=1S/C20H23N3O4S/c1-19(2)14-8-9-20(19,17(24)12-14)13-28(25,26)23-15-4-6-16(7-5-15)27-18-21-10-3-11-22-18/h3-7,10-11,14,23H,8-9,12-13H2,1-2H3/t14-,20+/m0/s1. The summed E-state index contributed by atoms with van der Waals surface area (Å²) in [6, 6.07) is 8.42. The van der Waals surface area contributed by atoms with Gasteiger partial charge in [0.1, 0.15) is 11.5 Å². The maximum Gasteiger partial charge on any atom is 0.321 e. The van der Waals surface area contributed by atoms with Crippen molar-refractivity contribution in [2.24, 2.45) is 16.7 Å². The van der Waals surface area contributed by atoms with Gasteiger partial charge in [0, 0.05) is 24.5 Å². The van der Waals surface area contributed by atoms with Crippen LogP contribution in [0.15, 0.2) is 42.7 Å². The van der Waals surface area contributed by atoms with Gasteiger partial charge in [0.2, 0.25) is 10.0 Å². The number of carbonyl (C=O) groups is 1. The molecule has 7 nitrogen and oxygen atoms in total. The summed E-state index contributed by atoms with van der Waals surface area (Å²) in [5.41, 5.74) is -0.640. The number of Topliss-reactive ketones (excluding diaryl/α,β-unsaturated/α-hetero) is 1. The van der Waals surface area contributed by atoms with E-state index in [0.29, 0.717) is 24.3 Å². The summed E-state index contributed by atoms with van der Waals surface area (Å²) in [5.74, 6) is 0.703. The van der Waals surface area contributed by atoms with Crippen molar-refractivity contribution in [3.63, 3.8) is 0 Å². The Labute approximate surface area is 164 Å². The average Bonchev–Trinajstić information content (AvgIpc) is 2.98. The van der Waals surface area contributed by atoms with E-state index < -0.39 is 15.4 Å². The van der Waals surface area contributed by atoms with Gasteiger partial charge in [0.05, 0.1) is 11.2 Å². The summed E-state index contributed by atoms with van der Waals surface area (Å²) >= 11 is 0. The van der Waals surface area contributed by atoms with Gasteiger partial charge in [-0.1, -0.05) is 13.8 Å². The highest BCUT2D eigenvalue weighted by Gasteiger charge is 2.65. The maximum absolute atomic E-state index is 12.8. The molecule has 28 heavy (non-hydrogen) atoms. The lowest BCUT2D eigenvalue weighted by Gasteiger charge is -2.36. The van der Waals surface area contributed by atoms with Gasteiger partial charge in [-0.2, -0.15) is 0 Å². The number of benzene rings is 1. The fourth-order valence-corrected chi connectivity index (χ4v) is 6.58. The summed E-state index contributed by atoms with van der Waals surface area (Å²) < 4.78 is 33.8. The summed E-state index contributed by atoms with van der Waals surface area (Å²) in [6.07, 6.45) is 5.21. The van der Waals surface area contributed by atoms with Gasteiger partial charge in [-0.05, 0) is 54.5 Å². The highest BCUT2D eigenvalue weighted by atomic mass is 32.2. The lowest BCUT2D eigenvalue weighted by molar-refractivity contribution is -0.128. The SMILES string of the molecule is CC1(C)[C@H]2CC[C@@]1(CS(=O)(=O)Nc1ccc(Oc3ncccn3)cc1)C(=O)C2. The van der Waals surface area contributed by atoms with E-state index in [1.165, 1.54) is 0 Å². The van der Waals surface area contributed by atoms with Crippen molar-refractivity contribution < 1.29 is 17.9 Å². The number of aromatic nitrogens is 2. The summed E-state index contributed by atoms with van der Waals surface area (Å²) in [5, 5.41) is 0. The zero-order valence-corrected chi connectivity index (χ0v) is 16.7. The van der Waals surface area contributed by atoms with Gasteiger partial charge in [0.15, 0.2) is 0 Å². The fraction of sp³-hybridized carbons (Fsp3) is 0.450. The van der Waals surface area contributed by atoms with E-state index >= 15 is 0 Å². The molecule has 0 unspecified atom stereocenters. The molecule has 0 spiro atoms. The normalized spacial score (nSPS) is 25.6. The number of ether oxygens (including phenoxy) is 1. The second-order valence-electron chi connectivity index (χ2n) is 8.19. The van der Waals surface area contributed by atoms with Gasteiger partial charge < -0.3 is 4.74 Å². The summed E-state index contributed by atoms with van der Waals surface area (Å²) in [4.78, 5) is 20.6. The van der Waals surface area contributed by atoms with Crippen LogP contribution in [0.5, 0.6) is 11.8 Å². The van der Waals surface area contributed by atoms with E-state index in [-0.39, 0.29) is 28.9 Å². The molecule has 1 N–H and O–H groups in total. The van der Waals surface area contributed by atoms with E-state index in [2.05, 4.69) is 14.7 Å². The van der Waals surface area contributed by atoms with E-state index in [9.17, 15) is 13.2 Å². The molecule has 2 saturated carbocycles. The van der Waals surface area contributed by atoms with Crippen molar-refractivity contribution in [1.82, 2.24) is 9.97 Å². The van der Waals surface area contributed by atoms with Crippen LogP contribution < -0.4 is 9.46 Å². The first kappa shape index (κ1) is 18.9. The lowest BCUT2D eigenvalue weighted by atomic mass is 9.70. The number of carbonyl (C=O) groups excluding carboxylic acids is 1. The smallest absolute Gasteiger partial charge is 0.321 e. The summed E-state index contributed by atoms with van der Waals surface area (Å²) in [7, 11) is -3.67. The number of anilines is 1. The number of ketones is 1. The van der Waals surface area contributed by atoms with Gasteiger partial charge in [0.25, 0.3) is 0 Å². The zero-order valence-electron chi connectivity index (χ0n) is 15.9. The highest BCUT2D eigenvalue weighted by Crippen LogP contribution is 2.64. The van der Waals surface area contributed by atoms with E-state index in [1.807, 2.05) is 13.8 Å². The molecule has 2 fully saturated rings. The lowest BCUT2D eigenvalue weighted by Crippen LogP contribution is -2.43. The van der Waals surface area contributed by atoms with Crippen molar-refractivity contribution in [1.29, 1.82) is 0 Å². The van der Waals surface area contributed by atoms with Gasteiger partial charge >= 0.3 is 6.01 Å². The molecule has 8 heteroatoms. The first-order valence-corrected chi connectivity index (χ1v) is 11.0. The van der Waals surface area contributed by atoms with Crippen molar-refractivity contribution in [2.75, 3.05) is 10.5 Å². The second kappa shape index (κ2) is 6.55. The molecule has 4 rings (SSSR count). The quantitative estimate of drug-likeness (QED) is 0.796. The van der Waals surface area contributed by atoms with Crippen LogP contribution in [0.25, 0.3) is 0 Å². The Bertz CT molecular complexity index is 990. The Kier molecular flexibility index (Phi) is 4.41. The Balaban J connectivity index is 1.47. The van der Waals surface area contributed by atoms with Crippen molar-refractivity contribution >= 4 is 21.5 Å². The van der Waals surface area contributed by atoms with Crippen molar-refractivity contribution in [3.05, 3.63) is 42.7 Å². The van der Waals surface area contributed by atoms with Crippen LogP contribution in [0.2, 0.25) is 0 Å². The maximum atomic E-state index is 12.8. The first-order valence-electron chi connectivity index (χ1n) is 9.31. The molecule has 1 aromatic carbocycles. The molecule has 1 aromatic heterocycles. The molecule has 2 atom stereocenters. The van der Waals surface area contributed by atoms with Crippen LogP contribution >= 0.6 is 0 Å². The largest absolute Gasteiger partial charge is 0.424 e. The highest BCUT2D eigenvalue weighted by molar-refractivity contribution is 7.92. The Morgan fingerprint density at radius 3 is 2.43 bits per heavy atom. The molecule has 0 aliphatic heterocycles. The second-order valence-corrected chi connectivity index (χ2v) is 9.91. The minimum absolute atomic E-state index is 0.0886. The number of rotatable bonds is 6. The number of hydrogen-bond acceptors (Lipinski definition) is 6. The molecule has 148 valence electrons. The van der Waals surface area contributed by atoms with Crippen LogP contribution in [0.1, 0.15) is 33.1 Å². The molecular weight excluding hydrogens is 378 g/mol. The van der Waals surface area contributed by atoms with Crippen LogP contribution in [0.3, 0.4) is 0 Å². The predicted octanol–water partition coefficient (Wildman–Crippen LogP) is 3.41. The number of nitrogens with one attached hydrogen (secondary N) is 1. The first-order chi connectivity index (χ1) is 13.2. The Morgan fingerprint density at radius 1 is 1.18 bits per heavy atom. The molecule has 2 aliphatic carbocycles. The van der Waals surface area contributed by atoms with Crippen LogP contribution in [0.4, 0.5) is 5.69 Å². The summed E-state index contributed by atoms with van der Waals surface area (Å²) in [6.45, 7) is 4.06. The third kappa shape index (κ3) is 3.15. The van der Waals surface area contributed by atoms with Gasteiger partial charge in [-0.15, -0.1) is 0 Å². The number of hydrogen-bond donors (Lipinski definition) is 1. The van der Waals surface area contributed by atoms with E-state index in [4.69, 9.17) is 4.74 Å². The molecule has 2 aromatic rings. The Hall–Kier alpha value is -2.48. The minimum atomic E-state index is -3.67. The van der Waals surface area contributed by atoms with E-state index in [1.54, 1.807) is 42.7 Å². The molecule has 2 aliphatic rings. The molecule has 1 heterocycles. The average molecular weight is 401 g/mol. The van der Waals surface area contributed by atoms with Crippen LogP contribution in [0, 0.1) is 16.7 Å². The fourth-order valence-electron chi connectivity index (χ4n) is 4.68. The van der Waals surface area contributed by atoms with Crippen molar-refractivity contribution in [3.8, 4) is 11.8 Å². The number of sulfonamides is 1. The topological polar surface area (TPSA) is 98.2 Å². The molecular formula is C20H23N3O4S. The third-order valence-electron chi connectivity index (χ3n) is 6.45.